The zero-order chi connectivity index (χ0) is 41.3. The van der Waals surface area contributed by atoms with E-state index in [2.05, 4.69) is 54.6 Å². The quantitative estimate of drug-likeness (QED) is 0.173. The van der Waals surface area contributed by atoms with Crippen molar-refractivity contribution in [3.05, 3.63) is 182 Å². The zero-order valence-electron chi connectivity index (χ0n) is 36.0. The number of hydrogen-bond donors (Lipinski definition) is 0. The first kappa shape index (κ1) is 20.7. The highest BCUT2D eigenvalue weighted by Crippen LogP contribution is 2.50. The number of hydrogen-bond acceptors (Lipinski definition) is 1. The van der Waals surface area contributed by atoms with Crippen molar-refractivity contribution in [2.75, 3.05) is 0 Å². The molecule has 10 aromatic carbocycles. The lowest BCUT2D eigenvalue weighted by Crippen LogP contribution is -1.94. The predicted molar refractivity (Wildman–Crippen MR) is 218 cm³/mol. The standard InChI is InChI=1S/C50H30O/c1-2-14-33-28-36(25-24-31(33)12-1)47-38-18-7-9-20-40(38)49(41-21-10-8-19-39(41)47)43-27-26-32-13-5-6-17-37(32)48(43)42-22-11-23-45-50(42)44-29-34-15-3-4-16-35(34)30-46(44)51-45/h1-30H/i3D,4D,11D,15D,16D,22D,23D,29D,30D. The molecule has 0 radical (unpaired) electrons. The number of furan rings is 1. The predicted octanol–water partition coefficient (Wildman–Crippen LogP) is 14.4. The van der Waals surface area contributed by atoms with E-state index in [-0.39, 0.29) is 56.4 Å². The number of benzene rings is 10. The summed E-state index contributed by atoms with van der Waals surface area (Å²) in [4.78, 5) is 0. The van der Waals surface area contributed by atoms with Gasteiger partial charge < -0.3 is 4.42 Å². The molecule has 0 aliphatic carbocycles. The molecule has 1 aromatic heterocycles. The smallest absolute Gasteiger partial charge is 0.136 e. The van der Waals surface area contributed by atoms with E-state index in [4.69, 9.17) is 12.6 Å². The Hall–Kier alpha value is -6.70. The average Bonchev–Trinajstić information content (AvgIpc) is 3.68. The highest BCUT2D eigenvalue weighted by atomic mass is 16.3. The SMILES string of the molecule is [2H]c1c([2H])c(-c2c(-c3c4ccccc4c(-c4ccc5ccccc5c4)c4ccccc34)ccc3ccccc23)c2c(oc3c([2H])c4c([2H])c([2H])c([2H])c([2H])c4c([2H])c32)c1[2H]. The van der Waals surface area contributed by atoms with Crippen LogP contribution in [0.25, 0.3) is 109 Å². The molecule has 0 saturated heterocycles. The van der Waals surface area contributed by atoms with E-state index in [1.165, 1.54) is 0 Å². The third-order valence-electron chi connectivity index (χ3n) is 10.1. The highest BCUT2D eigenvalue weighted by molar-refractivity contribution is 6.26. The summed E-state index contributed by atoms with van der Waals surface area (Å²) >= 11 is 0. The average molecular weight is 656 g/mol. The van der Waals surface area contributed by atoms with Crippen molar-refractivity contribution in [1.29, 1.82) is 0 Å². The van der Waals surface area contributed by atoms with Crippen LogP contribution in [0.2, 0.25) is 0 Å². The van der Waals surface area contributed by atoms with Crippen LogP contribution >= 0.6 is 0 Å². The molecule has 0 aliphatic rings. The molecule has 0 amide bonds. The molecule has 11 rings (SSSR count). The minimum atomic E-state index is -0.536. The summed E-state index contributed by atoms with van der Waals surface area (Å²) in [6, 6.07) is 39.4. The van der Waals surface area contributed by atoms with Gasteiger partial charge in [0.1, 0.15) is 11.2 Å². The molecule has 51 heavy (non-hydrogen) atoms. The largest absolute Gasteiger partial charge is 0.456 e. The van der Waals surface area contributed by atoms with Crippen LogP contribution < -0.4 is 0 Å². The van der Waals surface area contributed by atoms with Gasteiger partial charge in [0.2, 0.25) is 0 Å². The minimum Gasteiger partial charge on any atom is -0.456 e. The maximum absolute atomic E-state index is 9.69. The van der Waals surface area contributed by atoms with Gasteiger partial charge in [-0.25, -0.2) is 0 Å². The van der Waals surface area contributed by atoms with E-state index in [0.29, 0.717) is 5.56 Å². The fraction of sp³-hybridized carbons (Fsp3) is 0. The van der Waals surface area contributed by atoms with Crippen molar-refractivity contribution in [3.8, 4) is 33.4 Å². The van der Waals surface area contributed by atoms with E-state index in [0.717, 1.165) is 65.3 Å². The van der Waals surface area contributed by atoms with Crippen LogP contribution in [0.1, 0.15) is 12.3 Å². The van der Waals surface area contributed by atoms with E-state index in [1.54, 1.807) is 0 Å². The van der Waals surface area contributed by atoms with Crippen LogP contribution in [0, 0.1) is 0 Å². The van der Waals surface area contributed by atoms with Crippen molar-refractivity contribution in [2.45, 2.75) is 0 Å². The van der Waals surface area contributed by atoms with Gasteiger partial charge in [0.15, 0.2) is 0 Å². The molecule has 1 nitrogen and oxygen atoms in total. The van der Waals surface area contributed by atoms with E-state index in [9.17, 15) is 4.11 Å². The van der Waals surface area contributed by atoms with E-state index in [1.807, 2.05) is 72.8 Å². The second-order valence-corrected chi connectivity index (χ2v) is 12.9. The normalized spacial score (nSPS) is 14.4. The Morgan fingerprint density at radius 2 is 0.980 bits per heavy atom. The summed E-state index contributed by atoms with van der Waals surface area (Å²) in [5.74, 6) is 0. The molecule has 11 aromatic rings. The van der Waals surface area contributed by atoms with Crippen LogP contribution in [0.5, 0.6) is 0 Å². The summed E-state index contributed by atoms with van der Waals surface area (Å²) in [7, 11) is 0. The molecule has 0 aliphatic heterocycles. The fourth-order valence-electron chi connectivity index (χ4n) is 7.93. The van der Waals surface area contributed by atoms with Gasteiger partial charge in [-0.1, -0.05) is 158 Å². The third-order valence-corrected chi connectivity index (χ3v) is 10.1. The first-order valence-electron chi connectivity index (χ1n) is 21.4. The van der Waals surface area contributed by atoms with Gasteiger partial charge in [0.25, 0.3) is 0 Å². The molecule has 0 atom stereocenters. The Morgan fingerprint density at radius 3 is 1.73 bits per heavy atom. The lowest BCUT2D eigenvalue weighted by Gasteiger charge is -2.21. The molecule has 1 heterocycles. The topological polar surface area (TPSA) is 13.1 Å². The van der Waals surface area contributed by atoms with Crippen LogP contribution in [0.4, 0.5) is 0 Å². The molecule has 0 unspecified atom stereocenters. The zero-order valence-corrected chi connectivity index (χ0v) is 27.0. The number of fused-ring (bicyclic) bond motifs is 8. The summed E-state index contributed by atoms with van der Waals surface area (Å²) in [6.45, 7) is 0. The second-order valence-electron chi connectivity index (χ2n) is 12.9. The summed E-state index contributed by atoms with van der Waals surface area (Å²) in [6.07, 6.45) is 0. The molecular formula is C50H30O. The molecule has 0 N–H and O–H groups in total. The van der Waals surface area contributed by atoms with E-state index < -0.39 is 36.3 Å². The molecule has 236 valence electrons. The van der Waals surface area contributed by atoms with Crippen molar-refractivity contribution in [3.63, 3.8) is 0 Å². The fourth-order valence-corrected chi connectivity index (χ4v) is 7.93. The Balaban J connectivity index is 1.34. The van der Waals surface area contributed by atoms with Crippen molar-refractivity contribution < 1.29 is 16.8 Å². The van der Waals surface area contributed by atoms with Gasteiger partial charge in [-0.05, 0) is 111 Å². The van der Waals surface area contributed by atoms with Crippen LogP contribution in [-0.2, 0) is 0 Å². The third kappa shape index (κ3) is 4.22. The Bertz CT molecular complexity index is 3660. The molecule has 0 fully saturated rings. The lowest BCUT2D eigenvalue weighted by atomic mass is 9.81. The van der Waals surface area contributed by atoms with Gasteiger partial charge in [-0.2, -0.15) is 0 Å². The maximum Gasteiger partial charge on any atom is 0.136 e. The molecule has 0 saturated carbocycles. The second kappa shape index (κ2) is 10.9. The number of rotatable bonds is 3. The molecule has 1 heteroatoms. The van der Waals surface area contributed by atoms with Gasteiger partial charge in [-0.15, -0.1) is 0 Å². The van der Waals surface area contributed by atoms with Crippen LogP contribution in [-0.4, -0.2) is 0 Å². The van der Waals surface area contributed by atoms with E-state index >= 15 is 0 Å². The Kier molecular flexibility index (Phi) is 4.43. The van der Waals surface area contributed by atoms with Crippen LogP contribution in [0.15, 0.2) is 186 Å². The highest BCUT2D eigenvalue weighted by Gasteiger charge is 2.23. The van der Waals surface area contributed by atoms with Crippen molar-refractivity contribution in [1.82, 2.24) is 0 Å². The first-order valence-corrected chi connectivity index (χ1v) is 16.9. The minimum absolute atomic E-state index is 0.0461. The lowest BCUT2D eigenvalue weighted by molar-refractivity contribution is 0.669. The van der Waals surface area contributed by atoms with Crippen LogP contribution in [0.3, 0.4) is 0 Å². The summed E-state index contributed by atoms with van der Waals surface area (Å²) < 4.78 is 87.4. The van der Waals surface area contributed by atoms with Gasteiger partial charge in [0.05, 0.1) is 12.3 Å². The van der Waals surface area contributed by atoms with Crippen molar-refractivity contribution >= 4 is 75.8 Å². The van der Waals surface area contributed by atoms with Gasteiger partial charge in [-0.3, -0.25) is 0 Å². The van der Waals surface area contributed by atoms with Crippen molar-refractivity contribution in [2.24, 2.45) is 0 Å². The molecular weight excluding hydrogens is 617 g/mol. The maximum atomic E-state index is 9.69. The Labute approximate surface area is 307 Å². The molecule has 0 bridgehead atoms. The first-order chi connectivity index (χ1) is 29.1. The summed E-state index contributed by atoms with van der Waals surface area (Å²) in [5.41, 5.74) is 4.33. The Morgan fingerprint density at radius 1 is 0.373 bits per heavy atom. The monoisotopic (exact) mass is 655 g/mol. The summed E-state index contributed by atoms with van der Waals surface area (Å²) in [5, 5.41) is 7.71. The van der Waals surface area contributed by atoms with Gasteiger partial charge >= 0.3 is 0 Å². The van der Waals surface area contributed by atoms with Gasteiger partial charge in [0, 0.05) is 10.8 Å². The molecule has 0 spiro atoms.